The zero-order chi connectivity index (χ0) is 21.8. The highest BCUT2D eigenvalue weighted by Crippen LogP contribution is 2.37. The van der Waals surface area contributed by atoms with Gasteiger partial charge in [0.1, 0.15) is 0 Å². The van der Waals surface area contributed by atoms with E-state index in [2.05, 4.69) is 60.5 Å². The van der Waals surface area contributed by atoms with Crippen molar-refractivity contribution in [3.8, 4) is 0 Å². The molecule has 6 heteroatoms. The van der Waals surface area contributed by atoms with Crippen LogP contribution in [0.3, 0.4) is 0 Å². The van der Waals surface area contributed by atoms with E-state index < -0.39 is 0 Å². The van der Waals surface area contributed by atoms with Crippen molar-refractivity contribution >= 4 is 23.2 Å². The molecule has 2 aromatic rings. The molecule has 1 fully saturated rings. The van der Waals surface area contributed by atoms with Crippen molar-refractivity contribution in [3.05, 3.63) is 57.8 Å². The number of hydrogen-bond acceptors (Lipinski definition) is 4. The molecule has 5 nitrogen and oxygen atoms in total. The molecule has 0 radical (unpaired) electrons. The smallest absolute Gasteiger partial charge is 0.223 e. The van der Waals surface area contributed by atoms with E-state index in [9.17, 15) is 9.59 Å². The third kappa shape index (κ3) is 5.18. The number of benzene rings is 1. The average molecular weight is 440 g/mol. The number of carbonyl (C=O) groups excluding carboxylic acids is 2. The van der Waals surface area contributed by atoms with Crippen LogP contribution >= 0.6 is 11.3 Å². The van der Waals surface area contributed by atoms with E-state index in [4.69, 9.17) is 0 Å². The van der Waals surface area contributed by atoms with Crippen LogP contribution in [-0.4, -0.2) is 65.8 Å². The summed E-state index contributed by atoms with van der Waals surface area (Å²) >= 11 is 1.84. The normalized spacial score (nSPS) is 19.5. The molecule has 1 unspecified atom stereocenters. The van der Waals surface area contributed by atoms with Gasteiger partial charge in [0, 0.05) is 57.0 Å². The molecule has 0 bridgehead atoms. The van der Waals surface area contributed by atoms with E-state index in [0.717, 1.165) is 19.5 Å². The van der Waals surface area contributed by atoms with Crippen molar-refractivity contribution in [2.45, 2.75) is 39.2 Å². The summed E-state index contributed by atoms with van der Waals surface area (Å²) < 4.78 is 0. The third-order valence-electron chi connectivity index (χ3n) is 6.36. The predicted octanol–water partition coefficient (Wildman–Crippen LogP) is 3.80. The summed E-state index contributed by atoms with van der Waals surface area (Å²) in [5, 5.41) is 2.19. The average Bonchev–Trinajstić information content (AvgIpc) is 3.26. The van der Waals surface area contributed by atoms with Crippen LogP contribution in [0.25, 0.3) is 0 Å². The molecule has 166 valence electrons. The molecule has 1 atom stereocenters. The number of rotatable bonds is 6. The van der Waals surface area contributed by atoms with Crippen molar-refractivity contribution in [1.82, 2.24) is 14.7 Å². The first-order valence-electron chi connectivity index (χ1n) is 11.4. The van der Waals surface area contributed by atoms with Gasteiger partial charge in [-0.1, -0.05) is 44.2 Å². The molecule has 1 aromatic heterocycles. The maximum absolute atomic E-state index is 12.9. The Bertz CT molecular complexity index is 887. The van der Waals surface area contributed by atoms with Crippen LogP contribution in [0.15, 0.2) is 41.8 Å². The standard InChI is InChI=1S/C25H33N3O2S/c1-19(2)18-24(30)27-15-13-26(14-16-27)23(29)9-12-28-11-8-22-21(10-17-31-22)25(28)20-6-4-3-5-7-20/h3-7,10,17,19,25H,8-9,11-16,18H2,1-2H3. The second kappa shape index (κ2) is 9.96. The fraction of sp³-hybridized carbons (Fsp3) is 0.520. The van der Waals surface area contributed by atoms with Crippen LogP contribution in [0.1, 0.15) is 48.7 Å². The van der Waals surface area contributed by atoms with Crippen LogP contribution in [-0.2, 0) is 16.0 Å². The molecule has 0 N–H and O–H groups in total. The largest absolute Gasteiger partial charge is 0.339 e. The maximum Gasteiger partial charge on any atom is 0.223 e. The Morgan fingerprint density at radius 1 is 0.968 bits per heavy atom. The van der Waals surface area contributed by atoms with E-state index in [0.29, 0.717) is 44.9 Å². The molecular weight excluding hydrogens is 406 g/mol. The van der Waals surface area contributed by atoms with Crippen molar-refractivity contribution in [1.29, 1.82) is 0 Å². The topological polar surface area (TPSA) is 43.9 Å². The van der Waals surface area contributed by atoms with Crippen LogP contribution < -0.4 is 0 Å². The van der Waals surface area contributed by atoms with Gasteiger partial charge >= 0.3 is 0 Å². The maximum atomic E-state index is 12.9. The molecule has 0 spiro atoms. The minimum atomic E-state index is 0.207. The quantitative estimate of drug-likeness (QED) is 0.688. The molecule has 31 heavy (non-hydrogen) atoms. The van der Waals surface area contributed by atoms with E-state index in [1.54, 1.807) is 0 Å². The number of amides is 2. The van der Waals surface area contributed by atoms with Gasteiger partial charge in [-0.2, -0.15) is 0 Å². The lowest BCUT2D eigenvalue weighted by Crippen LogP contribution is -2.51. The highest BCUT2D eigenvalue weighted by atomic mass is 32.1. The van der Waals surface area contributed by atoms with E-state index in [1.807, 2.05) is 21.1 Å². The van der Waals surface area contributed by atoms with Crippen LogP contribution in [0.2, 0.25) is 0 Å². The molecule has 4 rings (SSSR count). The zero-order valence-corrected chi connectivity index (χ0v) is 19.4. The van der Waals surface area contributed by atoms with Gasteiger partial charge in [-0.3, -0.25) is 14.5 Å². The third-order valence-corrected chi connectivity index (χ3v) is 7.36. The molecule has 2 amide bonds. The second-order valence-electron chi connectivity index (χ2n) is 9.01. The molecule has 3 heterocycles. The zero-order valence-electron chi connectivity index (χ0n) is 18.6. The second-order valence-corrected chi connectivity index (χ2v) is 10.0. The number of thiophene rings is 1. The lowest BCUT2D eigenvalue weighted by atomic mass is 9.93. The Balaban J connectivity index is 1.34. The lowest BCUT2D eigenvalue weighted by Gasteiger charge is -2.38. The van der Waals surface area contributed by atoms with Crippen LogP contribution in [0, 0.1) is 5.92 Å². The lowest BCUT2D eigenvalue weighted by molar-refractivity contribution is -0.140. The first-order chi connectivity index (χ1) is 15.0. The SMILES string of the molecule is CC(C)CC(=O)N1CCN(C(=O)CCN2CCc3sccc3C2c2ccccc2)CC1. The number of hydrogen-bond donors (Lipinski definition) is 0. The van der Waals surface area contributed by atoms with Gasteiger partial charge < -0.3 is 9.80 Å². The Hall–Kier alpha value is -2.18. The Kier molecular flexibility index (Phi) is 7.08. The van der Waals surface area contributed by atoms with Crippen molar-refractivity contribution < 1.29 is 9.59 Å². The van der Waals surface area contributed by atoms with E-state index >= 15 is 0 Å². The number of fused-ring (bicyclic) bond motifs is 1. The van der Waals surface area contributed by atoms with Gasteiger partial charge in [-0.25, -0.2) is 0 Å². The predicted molar refractivity (Wildman–Crippen MR) is 125 cm³/mol. The first-order valence-corrected chi connectivity index (χ1v) is 12.3. The summed E-state index contributed by atoms with van der Waals surface area (Å²) in [6.07, 6.45) is 2.18. The summed E-state index contributed by atoms with van der Waals surface area (Å²) in [4.78, 5) is 33.0. The van der Waals surface area contributed by atoms with Gasteiger partial charge in [0.2, 0.25) is 11.8 Å². The first kappa shape index (κ1) is 22.0. The summed E-state index contributed by atoms with van der Waals surface area (Å²) in [7, 11) is 0. The summed E-state index contributed by atoms with van der Waals surface area (Å²) in [5.41, 5.74) is 2.69. The fourth-order valence-corrected chi connectivity index (χ4v) is 5.62. The Morgan fingerprint density at radius 3 is 2.32 bits per heavy atom. The molecule has 0 saturated carbocycles. The molecular formula is C25H33N3O2S. The summed E-state index contributed by atoms with van der Waals surface area (Å²) in [6.45, 7) is 8.51. The van der Waals surface area contributed by atoms with E-state index in [-0.39, 0.29) is 17.9 Å². The van der Waals surface area contributed by atoms with E-state index in [1.165, 1.54) is 16.0 Å². The molecule has 2 aliphatic rings. The summed E-state index contributed by atoms with van der Waals surface area (Å²) in [5.74, 6) is 0.796. The number of carbonyl (C=O) groups is 2. The molecule has 2 aliphatic heterocycles. The van der Waals surface area contributed by atoms with Gasteiger partial charge in [-0.15, -0.1) is 11.3 Å². The van der Waals surface area contributed by atoms with Crippen molar-refractivity contribution in [3.63, 3.8) is 0 Å². The monoisotopic (exact) mass is 439 g/mol. The minimum absolute atomic E-state index is 0.207. The van der Waals surface area contributed by atoms with Crippen LogP contribution in [0.4, 0.5) is 0 Å². The van der Waals surface area contributed by atoms with Gasteiger partial charge in [0.25, 0.3) is 0 Å². The van der Waals surface area contributed by atoms with Crippen LogP contribution in [0.5, 0.6) is 0 Å². The Labute approximate surface area is 189 Å². The number of nitrogens with zero attached hydrogens (tertiary/aromatic N) is 3. The highest BCUT2D eigenvalue weighted by Gasteiger charge is 2.30. The fourth-order valence-electron chi connectivity index (χ4n) is 4.72. The number of piperazine rings is 1. The van der Waals surface area contributed by atoms with Crippen molar-refractivity contribution in [2.75, 3.05) is 39.3 Å². The molecule has 1 saturated heterocycles. The van der Waals surface area contributed by atoms with Gasteiger partial charge in [0.15, 0.2) is 0 Å². The Morgan fingerprint density at radius 2 is 1.65 bits per heavy atom. The summed E-state index contributed by atoms with van der Waals surface area (Å²) in [6, 6.07) is 13.1. The van der Waals surface area contributed by atoms with Crippen molar-refractivity contribution in [2.24, 2.45) is 5.92 Å². The highest BCUT2D eigenvalue weighted by molar-refractivity contribution is 7.10. The molecule has 1 aromatic carbocycles. The van der Waals surface area contributed by atoms with Gasteiger partial charge in [-0.05, 0) is 34.9 Å². The molecule has 0 aliphatic carbocycles. The van der Waals surface area contributed by atoms with Gasteiger partial charge in [0.05, 0.1) is 6.04 Å². The minimum Gasteiger partial charge on any atom is -0.339 e.